The van der Waals surface area contributed by atoms with E-state index in [4.69, 9.17) is 16.3 Å². The molecule has 0 saturated carbocycles. The van der Waals surface area contributed by atoms with Crippen molar-refractivity contribution >= 4 is 28.9 Å². The monoisotopic (exact) mass is 495 g/mol. The molecule has 7 nitrogen and oxygen atoms in total. The van der Waals surface area contributed by atoms with Crippen molar-refractivity contribution in [1.82, 2.24) is 14.3 Å². The molecule has 0 saturated heterocycles. The lowest BCUT2D eigenvalue weighted by atomic mass is 9.91. The van der Waals surface area contributed by atoms with Crippen LogP contribution in [0.3, 0.4) is 0 Å². The summed E-state index contributed by atoms with van der Waals surface area (Å²) in [6.07, 6.45) is 1.84. The molecule has 1 unspecified atom stereocenters. The number of rotatable bonds is 8. The molecule has 2 aromatic rings. The molecule has 0 aliphatic heterocycles. The Bertz CT molecular complexity index is 996. The minimum atomic E-state index is -1.30. The lowest BCUT2D eigenvalue weighted by Gasteiger charge is -2.31. The fourth-order valence-corrected chi connectivity index (χ4v) is 4.21. The number of nitrogens with one attached hydrogen (secondary N) is 1. The van der Waals surface area contributed by atoms with Crippen molar-refractivity contribution in [2.24, 2.45) is 5.92 Å². The van der Waals surface area contributed by atoms with Gasteiger partial charge in [-0.25, -0.2) is 4.98 Å². The summed E-state index contributed by atoms with van der Waals surface area (Å²) in [4.78, 5) is 29.0. The van der Waals surface area contributed by atoms with Crippen LogP contribution in [0.25, 0.3) is 0 Å². The van der Waals surface area contributed by atoms with Gasteiger partial charge < -0.3 is 9.29 Å². The summed E-state index contributed by atoms with van der Waals surface area (Å²) in [6, 6.07) is 8.60. The van der Waals surface area contributed by atoms with E-state index in [-0.39, 0.29) is 24.1 Å². The topological polar surface area (TPSA) is 96.3 Å². The third-order valence-corrected chi connectivity index (χ3v) is 6.61. The number of halogens is 1. The molecule has 0 spiro atoms. The molecule has 0 radical (unpaired) electrons. The van der Waals surface area contributed by atoms with Gasteiger partial charge in [0.15, 0.2) is 0 Å². The number of carbonyl (C=O) groups is 1. The molecule has 9 heteroatoms. The average molecular weight is 496 g/mol. The van der Waals surface area contributed by atoms with Crippen LogP contribution in [0.1, 0.15) is 65.8 Å². The van der Waals surface area contributed by atoms with E-state index in [1.165, 1.54) is 17.0 Å². The van der Waals surface area contributed by atoms with Crippen molar-refractivity contribution in [3.63, 3.8) is 0 Å². The van der Waals surface area contributed by atoms with Crippen molar-refractivity contribution in [2.75, 3.05) is 0 Å². The Hall–Kier alpha value is -1.87. The van der Waals surface area contributed by atoms with Gasteiger partial charge in [-0.05, 0) is 71.6 Å². The first-order valence-electron chi connectivity index (χ1n) is 10.9. The van der Waals surface area contributed by atoms with Crippen LogP contribution < -0.4 is 10.3 Å². The lowest BCUT2D eigenvalue weighted by Crippen LogP contribution is -2.43. The van der Waals surface area contributed by atoms with Gasteiger partial charge in [0, 0.05) is 28.1 Å². The lowest BCUT2D eigenvalue weighted by molar-refractivity contribution is -0.155. The highest BCUT2D eigenvalue weighted by atomic mass is 35.5. The highest BCUT2D eigenvalue weighted by molar-refractivity contribution is 7.90. The number of esters is 1. The first kappa shape index (κ1) is 27.4. The number of hydrogen-bond acceptors (Lipinski definition) is 6. The van der Waals surface area contributed by atoms with Crippen molar-refractivity contribution in [3.05, 3.63) is 63.3 Å². The molecular formula is C24H34ClN3O4S. The molecule has 0 aliphatic rings. The molecule has 1 heterocycles. The number of ether oxygens (including phenoxy) is 1. The quantitative estimate of drug-likeness (QED) is 0.435. The standard InChI is InChI=1S/C24H34ClN3O4S/c1-16(22(27-33(31)24(5,6)7)17-8-10-18(25)11-9-17)12-19-13-20(29)28(15-26-19)14-21(30)32-23(2,3)4/h8-11,13,15-16,22,27H,12,14H2,1-7H3/t16-,22-,33?/m0/s1. The number of aromatic nitrogens is 2. The summed E-state index contributed by atoms with van der Waals surface area (Å²) in [7, 11) is 0. The van der Waals surface area contributed by atoms with E-state index in [9.17, 15) is 14.1 Å². The van der Waals surface area contributed by atoms with Crippen LogP contribution in [0.2, 0.25) is 5.02 Å². The van der Waals surface area contributed by atoms with Gasteiger partial charge in [-0.15, -0.1) is 4.72 Å². The molecule has 0 bridgehead atoms. The van der Waals surface area contributed by atoms with Crippen LogP contribution in [0.4, 0.5) is 0 Å². The first-order valence-corrected chi connectivity index (χ1v) is 12.4. The summed E-state index contributed by atoms with van der Waals surface area (Å²) in [5.74, 6) is -0.532. The van der Waals surface area contributed by atoms with Crippen molar-refractivity contribution in [1.29, 1.82) is 0 Å². The zero-order chi connectivity index (χ0) is 25.0. The number of nitrogens with zero attached hydrogens (tertiary/aromatic N) is 2. The molecule has 182 valence electrons. The molecule has 1 aromatic carbocycles. The summed E-state index contributed by atoms with van der Waals surface area (Å²) >= 11 is 4.75. The highest BCUT2D eigenvalue weighted by Gasteiger charge is 2.32. The minimum Gasteiger partial charge on any atom is -0.598 e. The molecule has 33 heavy (non-hydrogen) atoms. The zero-order valence-electron chi connectivity index (χ0n) is 20.3. The number of carbonyl (C=O) groups excluding carboxylic acids is 1. The molecule has 1 aromatic heterocycles. The maximum atomic E-state index is 12.8. The molecule has 0 amide bonds. The number of hydrogen-bond donors (Lipinski definition) is 1. The van der Waals surface area contributed by atoms with E-state index < -0.39 is 27.7 Å². The van der Waals surface area contributed by atoms with Gasteiger partial charge in [-0.2, -0.15) is 0 Å². The highest BCUT2D eigenvalue weighted by Crippen LogP contribution is 2.29. The van der Waals surface area contributed by atoms with E-state index >= 15 is 0 Å². The van der Waals surface area contributed by atoms with Gasteiger partial charge in [-0.3, -0.25) is 14.2 Å². The summed E-state index contributed by atoms with van der Waals surface area (Å²) in [6.45, 7) is 12.9. The second-order valence-corrected chi connectivity index (χ2v) is 12.6. The Labute approximate surface area is 204 Å². The fraction of sp³-hybridized carbons (Fsp3) is 0.542. The predicted molar refractivity (Wildman–Crippen MR) is 132 cm³/mol. The van der Waals surface area contributed by atoms with Crippen LogP contribution in [-0.4, -0.2) is 30.4 Å². The summed E-state index contributed by atoms with van der Waals surface area (Å²) in [5, 5.41) is 0.623. The van der Waals surface area contributed by atoms with E-state index in [2.05, 4.69) is 9.71 Å². The smallest absolute Gasteiger partial charge is 0.326 e. The Balaban J connectivity index is 2.20. The van der Waals surface area contributed by atoms with Gasteiger partial charge in [0.25, 0.3) is 5.56 Å². The normalized spacial score (nSPS) is 15.1. The second kappa shape index (κ2) is 11.0. The van der Waals surface area contributed by atoms with Gasteiger partial charge in [0.1, 0.15) is 16.9 Å². The van der Waals surface area contributed by atoms with E-state index in [0.717, 1.165) is 5.56 Å². The van der Waals surface area contributed by atoms with Crippen molar-refractivity contribution in [2.45, 2.75) is 77.8 Å². The Morgan fingerprint density at radius 2 is 1.82 bits per heavy atom. The van der Waals surface area contributed by atoms with Gasteiger partial charge in [-0.1, -0.05) is 30.7 Å². The average Bonchev–Trinajstić information content (AvgIpc) is 2.66. The van der Waals surface area contributed by atoms with Crippen LogP contribution >= 0.6 is 11.6 Å². The van der Waals surface area contributed by atoms with Gasteiger partial charge >= 0.3 is 5.97 Å². The van der Waals surface area contributed by atoms with Crippen LogP contribution in [0.5, 0.6) is 0 Å². The van der Waals surface area contributed by atoms with Crippen LogP contribution in [-0.2, 0) is 33.9 Å². The molecular weight excluding hydrogens is 462 g/mol. The van der Waals surface area contributed by atoms with E-state index in [1.54, 1.807) is 32.9 Å². The molecule has 0 fully saturated rings. The van der Waals surface area contributed by atoms with Gasteiger partial charge in [0.05, 0.1) is 12.4 Å². The van der Waals surface area contributed by atoms with Gasteiger partial charge in [0.2, 0.25) is 0 Å². The maximum Gasteiger partial charge on any atom is 0.326 e. The van der Waals surface area contributed by atoms with Crippen LogP contribution in [0, 0.1) is 5.92 Å². The summed E-state index contributed by atoms with van der Waals surface area (Å²) in [5.41, 5.74) is 0.589. The second-order valence-electron chi connectivity index (χ2n) is 10.1. The molecule has 2 rings (SSSR count). The minimum absolute atomic E-state index is 0.0360. The van der Waals surface area contributed by atoms with E-state index in [1.807, 2.05) is 39.8 Å². The Kier molecular flexibility index (Phi) is 9.16. The van der Waals surface area contributed by atoms with Crippen LogP contribution in [0.15, 0.2) is 41.5 Å². The third kappa shape index (κ3) is 8.77. The van der Waals surface area contributed by atoms with Crippen molar-refractivity contribution < 1.29 is 14.1 Å². The largest absolute Gasteiger partial charge is 0.598 e. The molecule has 1 N–H and O–H groups in total. The maximum absolute atomic E-state index is 12.8. The van der Waals surface area contributed by atoms with E-state index in [0.29, 0.717) is 17.1 Å². The predicted octanol–water partition coefficient (Wildman–Crippen LogP) is 4.21. The molecule has 0 aliphatic carbocycles. The Morgan fingerprint density at radius 3 is 2.33 bits per heavy atom. The molecule has 3 atom stereocenters. The third-order valence-electron chi connectivity index (χ3n) is 4.78. The summed E-state index contributed by atoms with van der Waals surface area (Å²) < 4.78 is 22.1. The van der Waals surface area contributed by atoms with Crippen molar-refractivity contribution in [3.8, 4) is 0 Å². The number of benzene rings is 1. The fourth-order valence-electron chi connectivity index (χ4n) is 3.13. The Morgan fingerprint density at radius 1 is 1.21 bits per heavy atom. The SMILES string of the molecule is C[C@@H](Cc1cc(=O)n(CC(=O)OC(C)(C)C)cn1)[C@H](N[S+]([O-])C(C)(C)C)c1ccc(Cl)cc1. The zero-order valence-corrected chi connectivity index (χ0v) is 21.9. The first-order chi connectivity index (χ1) is 15.2.